The third kappa shape index (κ3) is 10.7. The van der Waals surface area contributed by atoms with Gasteiger partial charge in [0.15, 0.2) is 0 Å². The lowest BCUT2D eigenvalue weighted by atomic mass is 10.1. The molecule has 2 aromatic rings. The molecule has 1 aliphatic carbocycles. The highest BCUT2D eigenvalue weighted by Gasteiger charge is 1.99. The van der Waals surface area contributed by atoms with Gasteiger partial charge in [0, 0.05) is 17.1 Å². The van der Waals surface area contributed by atoms with Crippen LogP contribution in [0.15, 0.2) is 78.6 Å². The molecule has 0 saturated heterocycles. The molecule has 0 radical (unpaired) electrons. The Labute approximate surface area is 180 Å². The Morgan fingerprint density at radius 2 is 1.72 bits per heavy atom. The van der Waals surface area contributed by atoms with Crippen molar-refractivity contribution in [3.8, 4) is 0 Å². The number of aryl methyl sites for hydroxylation is 1. The molecule has 1 heteroatoms. The fraction of sp³-hybridized carbons (Fsp3) is 0.429. The second kappa shape index (κ2) is 16.7. The first-order valence-corrected chi connectivity index (χ1v) is 11.4. The fourth-order valence-corrected chi connectivity index (χ4v) is 2.75. The zero-order chi connectivity index (χ0) is 22.1. The van der Waals surface area contributed by atoms with Gasteiger partial charge in [-0.05, 0) is 35.5 Å². The number of H-pyrrole nitrogens is 1. The van der Waals surface area contributed by atoms with E-state index in [9.17, 15) is 0 Å². The average molecular weight is 394 g/mol. The number of aromatic nitrogens is 1. The molecule has 160 valence electrons. The van der Waals surface area contributed by atoms with Crippen molar-refractivity contribution in [2.75, 3.05) is 0 Å². The Kier molecular flexibility index (Phi) is 15.3. The van der Waals surface area contributed by atoms with E-state index in [0.29, 0.717) is 11.8 Å². The van der Waals surface area contributed by atoms with Gasteiger partial charge in [0.25, 0.3) is 0 Å². The number of benzene rings is 1. The number of allylic oxidation sites excluding steroid dienone is 8. The van der Waals surface area contributed by atoms with Crippen LogP contribution in [0.25, 0.3) is 10.9 Å². The van der Waals surface area contributed by atoms with Crippen LogP contribution in [0.1, 0.15) is 67.4 Å². The van der Waals surface area contributed by atoms with Gasteiger partial charge in [-0.3, -0.25) is 0 Å². The van der Waals surface area contributed by atoms with Crippen molar-refractivity contribution in [3.63, 3.8) is 0 Å². The van der Waals surface area contributed by atoms with Crippen LogP contribution < -0.4 is 0 Å². The lowest BCUT2D eigenvalue weighted by Crippen LogP contribution is -1.80. The van der Waals surface area contributed by atoms with E-state index in [1.165, 1.54) is 34.9 Å². The molecule has 1 aliphatic rings. The summed E-state index contributed by atoms with van der Waals surface area (Å²) in [5.41, 5.74) is 3.98. The monoisotopic (exact) mass is 393 g/mol. The molecule has 0 spiro atoms. The first kappa shape index (κ1) is 26.7. The molecule has 29 heavy (non-hydrogen) atoms. The number of fused-ring (bicyclic) bond motifs is 1. The lowest BCUT2D eigenvalue weighted by Gasteiger charge is -1.95. The van der Waals surface area contributed by atoms with E-state index in [4.69, 9.17) is 0 Å². The molecule has 1 heterocycles. The van der Waals surface area contributed by atoms with E-state index in [1.807, 2.05) is 27.7 Å². The van der Waals surface area contributed by atoms with E-state index in [1.54, 1.807) is 0 Å². The van der Waals surface area contributed by atoms with Crippen molar-refractivity contribution < 1.29 is 0 Å². The third-order valence-corrected chi connectivity index (χ3v) is 4.16. The molecule has 1 N–H and O–H groups in total. The van der Waals surface area contributed by atoms with Crippen LogP contribution in [-0.2, 0) is 6.42 Å². The van der Waals surface area contributed by atoms with Crippen LogP contribution in [0.3, 0.4) is 0 Å². The van der Waals surface area contributed by atoms with Crippen LogP contribution in [-0.4, -0.2) is 4.98 Å². The molecule has 0 bridgehead atoms. The standard InChI is InChI=1S/C13H18.C11H13N.2C2H6/c1-11(2)7-9-13-6-4-5-12(3)8-10-13;1-2-5-9-8-12-11-7-4-3-6-10(9)11;2*1-2/h4-12H,1-3H3;3-4,6-8,12H,2,5H2,1H3;2*1-2H3/b9-7+;;;. The number of nitrogens with one attached hydrogen (secondary N) is 1. The van der Waals surface area contributed by atoms with Crippen molar-refractivity contribution in [3.05, 3.63) is 84.1 Å². The van der Waals surface area contributed by atoms with Crippen LogP contribution >= 0.6 is 0 Å². The lowest BCUT2D eigenvalue weighted by molar-refractivity contribution is 0.831. The van der Waals surface area contributed by atoms with Gasteiger partial charge in [0.05, 0.1) is 0 Å². The largest absolute Gasteiger partial charge is 0.361 e. The molecule has 0 aliphatic heterocycles. The molecule has 0 fully saturated rings. The van der Waals surface area contributed by atoms with E-state index >= 15 is 0 Å². The quantitative estimate of drug-likeness (QED) is 0.533. The summed E-state index contributed by atoms with van der Waals surface area (Å²) in [5, 5.41) is 1.37. The van der Waals surface area contributed by atoms with Crippen LogP contribution in [0, 0.1) is 11.8 Å². The van der Waals surface area contributed by atoms with Gasteiger partial charge < -0.3 is 4.98 Å². The van der Waals surface area contributed by atoms with Gasteiger partial charge in [-0.1, -0.05) is 123 Å². The highest BCUT2D eigenvalue weighted by atomic mass is 14.7. The molecular formula is C28H43N. The summed E-state index contributed by atoms with van der Waals surface area (Å²) < 4.78 is 0. The second-order valence-corrected chi connectivity index (χ2v) is 6.98. The molecule has 1 atom stereocenters. The molecule has 1 aromatic heterocycles. The summed E-state index contributed by atoms with van der Waals surface area (Å²) in [5.74, 6) is 1.18. The maximum absolute atomic E-state index is 3.27. The number of hydrogen-bond acceptors (Lipinski definition) is 0. The van der Waals surface area contributed by atoms with Gasteiger partial charge in [-0.25, -0.2) is 0 Å². The molecule has 1 aromatic carbocycles. The summed E-state index contributed by atoms with van der Waals surface area (Å²) in [6, 6.07) is 8.45. The van der Waals surface area contributed by atoms with E-state index in [-0.39, 0.29) is 0 Å². The Hall–Kier alpha value is -2.28. The van der Waals surface area contributed by atoms with Crippen molar-refractivity contribution in [2.45, 2.75) is 68.2 Å². The Balaban J connectivity index is 0.000000462. The van der Waals surface area contributed by atoms with E-state index in [0.717, 1.165) is 0 Å². The minimum absolute atomic E-state index is 0.557. The van der Waals surface area contributed by atoms with Gasteiger partial charge >= 0.3 is 0 Å². The summed E-state index contributed by atoms with van der Waals surface area (Å²) in [7, 11) is 0. The molecule has 1 unspecified atom stereocenters. The first-order valence-electron chi connectivity index (χ1n) is 11.4. The predicted molar refractivity (Wildman–Crippen MR) is 134 cm³/mol. The van der Waals surface area contributed by atoms with Crippen molar-refractivity contribution in [2.24, 2.45) is 11.8 Å². The summed E-state index contributed by atoms with van der Waals surface area (Å²) >= 11 is 0. The maximum atomic E-state index is 3.27. The van der Waals surface area contributed by atoms with Gasteiger partial charge in [-0.2, -0.15) is 0 Å². The normalized spacial score (nSPS) is 14.9. The number of hydrogen-bond donors (Lipinski definition) is 1. The van der Waals surface area contributed by atoms with Gasteiger partial charge in [0.1, 0.15) is 0 Å². The highest BCUT2D eigenvalue weighted by Crippen LogP contribution is 2.18. The average Bonchev–Trinajstić information content (AvgIpc) is 3.04. The summed E-state index contributed by atoms with van der Waals surface area (Å²) in [6.45, 7) is 16.8. The molecular weight excluding hydrogens is 350 g/mol. The minimum atomic E-state index is 0.557. The van der Waals surface area contributed by atoms with Crippen molar-refractivity contribution in [1.29, 1.82) is 0 Å². The minimum Gasteiger partial charge on any atom is -0.361 e. The maximum Gasteiger partial charge on any atom is 0.0456 e. The predicted octanol–water partition coefficient (Wildman–Crippen LogP) is 9.06. The third-order valence-electron chi connectivity index (χ3n) is 4.16. The van der Waals surface area contributed by atoms with Crippen LogP contribution in [0.4, 0.5) is 0 Å². The number of aromatic amines is 1. The molecule has 3 rings (SSSR count). The number of rotatable bonds is 4. The number of para-hydroxylation sites is 1. The zero-order valence-corrected chi connectivity index (χ0v) is 20.0. The van der Waals surface area contributed by atoms with Crippen molar-refractivity contribution in [1.82, 2.24) is 4.98 Å². The molecule has 1 nitrogen and oxygen atoms in total. The zero-order valence-electron chi connectivity index (χ0n) is 20.0. The summed E-state index contributed by atoms with van der Waals surface area (Å²) in [6.07, 6.45) is 19.8. The van der Waals surface area contributed by atoms with Crippen molar-refractivity contribution >= 4 is 10.9 Å². The Morgan fingerprint density at radius 1 is 1.03 bits per heavy atom. The van der Waals surface area contributed by atoms with Gasteiger partial charge in [0.2, 0.25) is 0 Å². The second-order valence-electron chi connectivity index (χ2n) is 6.98. The highest BCUT2D eigenvalue weighted by molar-refractivity contribution is 5.82. The SMILES string of the molecule is CC.CC.CC1C=CC=C(/C=C/C(C)C)C=C1.CCCc1c[nH]c2ccccc12. The van der Waals surface area contributed by atoms with E-state index in [2.05, 4.69) is 106 Å². The Bertz CT molecular complexity index is 768. The fourth-order valence-electron chi connectivity index (χ4n) is 2.75. The van der Waals surface area contributed by atoms with Crippen LogP contribution in [0.2, 0.25) is 0 Å². The smallest absolute Gasteiger partial charge is 0.0456 e. The van der Waals surface area contributed by atoms with Gasteiger partial charge in [-0.15, -0.1) is 0 Å². The molecule has 0 amide bonds. The first-order chi connectivity index (χ1) is 14.1. The Morgan fingerprint density at radius 3 is 2.38 bits per heavy atom. The molecule has 0 saturated carbocycles. The topological polar surface area (TPSA) is 15.8 Å². The van der Waals surface area contributed by atoms with Crippen LogP contribution in [0.5, 0.6) is 0 Å². The van der Waals surface area contributed by atoms with E-state index < -0.39 is 0 Å². The summed E-state index contributed by atoms with van der Waals surface area (Å²) in [4.78, 5) is 3.27.